The summed E-state index contributed by atoms with van der Waals surface area (Å²) >= 11 is 1.27. The zero-order chi connectivity index (χ0) is 25.7. The highest BCUT2D eigenvalue weighted by molar-refractivity contribution is 7.99. The first-order chi connectivity index (χ1) is 16.6. The van der Waals surface area contributed by atoms with Crippen LogP contribution in [0.15, 0.2) is 46.3 Å². The maximum atomic E-state index is 13.4. The number of hydrogen-bond donors (Lipinski definition) is 1. The molecule has 0 aliphatic heterocycles. The van der Waals surface area contributed by atoms with Crippen LogP contribution in [0.5, 0.6) is 0 Å². The van der Waals surface area contributed by atoms with Gasteiger partial charge in [-0.05, 0) is 61.9 Å². The Morgan fingerprint density at radius 1 is 1.03 bits per heavy atom. The van der Waals surface area contributed by atoms with Gasteiger partial charge in [-0.25, -0.2) is 4.98 Å². The van der Waals surface area contributed by atoms with Gasteiger partial charge in [0.25, 0.3) is 11.5 Å². The fraction of sp³-hybridized carbons (Fsp3) is 0.429. The molecule has 3 rings (SSSR count). The number of nitrogens with zero attached hydrogens (tertiary/aromatic N) is 2. The molecule has 0 radical (unpaired) electrons. The first kappa shape index (κ1) is 26.7. The highest BCUT2D eigenvalue weighted by Crippen LogP contribution is 2.22. The molecule has 0 unspecified atom stereocenters. The third kappa shape index (κ3) is 6.82. The van der Waals surface area contributed by atoms with Crippen molar-refractivity contribution in [1.29, 1.82) is 0 Å². The van der Waals surface area contributed by atoms with Crippen molar-refractivity contribution in [2.24, 2.45) is 11.8 Å². The van der Waals surface area contributed by atoms with Crippen LogP contribution in [0.2, 0.25) is 0 Å². The summed E-state index contributed by atoms with van der Waals surface area (Å²) in [6.45, 7) is 13.3. The molecule has 186 valence electrons. The summed E-state index contributed by atoms with van der Waals surface area (Å²) in [4.78, 5) is 43.7. The van der Waals surface area contributed by atoms with E-state index < -0.39 is 0 Å². The molecule has 0 bridgehead atoms. The Morgan fingerprint density at radius 2 is 1.77 bits per heavy atom. The molecule has 1 aromatic heterocycles. The molecule has 6 nitrogen and oxygen atoms in total. The summed E-state index contributed by atoms with van der Waals surface area (Å²) in [6, 6.07) is 10.8. The van der Waals surface area contributed by atoms with Gasteiger partial charge in [0.2, 0.25) is 0 Å². The fourth-order valence-electron chi connectivity index (χ4n) is 3.80. The van der Waals surface area contributed by atoms with Crippen molar-refractivity contribution in [3.8, 4) is 0 Å². The number of ketones is 1. The van der Waals surface area contributed by atoms with Gasteiger partial charge >= 0.3 is 0 Å². The second kappa shape index (κ2) is 11.7. The summed E-state index contributed by atoms with van der Waals surface area (Å²) in [5, 5.41) is 3.89. The van der Waals surface area contributed by atoms with Crippen LogP contribution >= 0.6 is 11.8 Å². The Morgan fingerprint density at radius 3 is 2.46 bits per heavy atom. The number of amides is 1. The topological polar surface area (TPSA) is 81.1 Å². The van der Waals surface area contributed by atoms with Gasteiger partial charge in [0.1, 0.15) is 0 Å². The minimum atomic E-state index is -0.181. The lowest BCUT2D eigenvalue weighted by molar-refractivity contribution is 0.0951. The number of carbonyl (C=O) groups excluding carboxylic acids is 2. The molecular weight excluding hydrogens is 458 g/mol. The van der Waals surface area contributed by atoms with E-state index in [1.54, 1.807) is 22.8 Å². The van der Waals surface area contributed by atoms with Crippen LogP contribution in [0.3, 0.4) is 0 Å². The standard InChI is InChI=1S/C28H35N3O3S/c1-17(2)11-12-29-26(33)21-9-10-22-24(14-21)30-28(31(27(22)34)15-18(3)4)35-16-25(32)23-13-19(5)7-8-20(23)6/h7-10,13-14,17-18H,11-12,15-16H2,1-6H3,(H,29,33). The molecule has 2 aromatic carbocycles. The maximum absolute atomic E-state index is 13.4. The predicted octanol–water partition coefficient (Wildman–Crippen LogP) is 5.42. The molecule has 1 heterocycles. The minimum Gasteiger partial charge on any atom is -0.352 e. The Bertz CT molecular complexity index is 1290. The van der Waals surface area contributed by atoms with Crippen molar-refractivity contribution in [3.63, 3.8) is 0 Å². The number of aromatic nitrogens is 2. The average molecular weight is 494 g/mol. The molecule has 0 fully saturated rings. The summed E-state index contributed by atoms with van der Waals surface area (Å²) < 4.78 is 1.65. The fourth-order valence-corrected chi connectivity index (χ4v) is 4.69. The van der Waals surface area contributed by atoms with Crippen molar-refractivity contribution in [3.05, 3.63) is 69.0 Å². The normalized spacial score (nSPS) is 11.4. The van der Waals surface area contributed by atoms with Crippen molar-refractivity contribution in [2.45, 2.75) is 59.7 Å². The van der Waals surface area contributed by atoms with Gasteiger partial charge in [-0.2, -0.15) is 0 Å². The molecule has 1 amide bonds. The zero-order valence-corrected chi connectivity index (χ0v) is 22.3. The highest BCUT2D eigenvalue weighted by atomic mass is 32.2. The smallest absolute Gasteiger partial charge is 0.262 e. The first-order valence-electron chi connectivity index (χ1n) is 12.1. The average Bonchev–Trinajstić information content (AvgIpc) is 2.80. The summed E-state index contributed by atoms with van der Waals surface area (Å²) in [6.07, 6.45) is 0.896. The number of aryl methyl sites for hydroxylation is 2. The van der Waals surface area contributed by atoms with Gasteiger partial charge in [-0.1, -0.05) is 57.2 Å². The molecule has 0 aliphatic rings. The lowest BCUT2D eigenvalue weighted by Gasteiger charge is -2.15. The SMILES string of the molecule is Cc1ccc(C)c(C(=O)CSc2nc3cc(C(=O)NCCC(C)C)ccc3c(=O)n2CC(C)C)c1. The Kier molecular flexibility index (Phi) is 8.89. The molecule has 0 spiro atoms. The number of rotatable bonds is 10. The van der Waals surface area contributed by atoms with E-state index in [1.165, 1.54) is 11.8 Å². The van der Waals surface area contributed by atoms with E-state index in [-0.39, 0.29) is 28.9 Å². The molecule has 0 saturated carbocycles. The molecular formula is C28H35N3O3S. The van der Waals surface area contributed by atoms with Gasteiger partial charge < -0.3 is 5.32 Å². The van der Waals surface area contributed by atoms with E-state index in [9.17, 15) is 14.4 Å². The molecule has 1 N–H and O–H groups in total. The van der Waals surface area contributed by atoms with Crippen LogP contribution in [0.4, 0.5) is 0 Å². The molecule has 3 aromatic rings. The lowest BCUT2D eigenvalue weighted by atomic mass is 10.0. The number of carbonyl (C=O) groups is 2. The third-order valence-electron chi connectivity index (χ3n) is 5.76. The van der Waals surface area contributed by atoms with E-state index in [4.69, 9.17) is 4.98 Å². The lowest BCUT2D eigenvalue weighted by Crippen LogP contribution is -2.27. The second-order valence-electron chi connectivity index (χ2n) is 9.90. The van der Waals surface area contributed by atoms with E-state index in [0.29, 0.717) is 46.2 Å². The maximum Gasteiger partial charge on any atom is 0.262 e. The quantitative estimate of drug-likeness (QED) is 0.232. The Labute approximate surface area is 211 Å². The predicted molar refractivity (Wildman–Crippen MR) is 144 cm³/mol. The number of hydrogen-bond acceptors (Lipinski definition) is 5. The van der Waals surface area contributed by atoms with Crippen LogP contribution in [-0.2, 0) is 6.54 Å². The molecule has 35 heavy (non-hydrogen) atoms. The number of benzene rings is 2. The molecule has 7 heteroatoms. The minimum absolute atomic E-state index is 0.0000705. The second-order valence-corrected chi connectivity index (χ2v) is 10.8. The first-order valence-corrected chi connectivity index (χ1v) is 13.1. The number of nitrogens with one attached hydrogen (secondary N) is 1. The van der Waals surface area contributed by atoms with Crippen molar-refractivity contribution in [1.82, 2.24) is 14.9 Å². The largest absolute Gasteiger partial charge is 0.352 e. The van der Waals surface area contributed by atoms with Crippen LogP contribution < -0.4 is 10.9 Å². The van der Waals surface area contributed by atoms with Gasteiger partial charge in [-0.3, -0.25) is 19.0 Å². The monoisotopic (exact) mass is 493 g/mol. The van der Waals surface area contributed by atoms with Crippen LogP contribution in [0.25, 0.3) is 10.9 Å². The molecule has 0 atom stereocenters. The van der Waals surface area contributed by atoms with Crippen LogP contribution in [0, 0.1) is 25.7 Å². The molecule has 0 aliphatic carbocycles. The molecule has 0 saturated heterocycles. The Hall–Kier alpha value is -2.93. The van der Waals surface area contributed by atoms with Gasteiger partial charge in [0.15, 0.2) is 10.9 Å². The van der Waals surface area contributed by atoms with Gasteiger partial charge in [-0.15, -0.1) is 0 Å². The van der Waals surface area contributed by atoms with Crippen molar-refractivity contribution in [2.75, 3.05) is 12.3 Å². The van der Waals surface area contributed by atoms with E-state index in [0.717, 1.165) is 17.5 Å². The summed E-state index contributed by atoms with van der Waals surface area (Å²) in [5.41, 5.74) is 3.43. The van der Waals surface area contributed by atoms with Crippen molar-refractivity contribution < 1.29 is 9.59 Å². The summed E-state index contributed by atoms with van der Waals surface area (Å²) in [5.74, 6) is 0.723. The van der Waals surface area contributed by atoms with Crippen LogP contribution in [0.1, 0.15) is 66.0 Å². The Balaban J connectivity index is 1.93. The van der Waals surface area contributed by atoms with Crippen LogP contribution in [-0.4, -0.2) is 33.5 Å². The van der Waals surface area contributed by atoms with E-state index >= 15 is 0 Å². The summed E-state index contributed by atoms with van der Waals surface area (Å²) in [7, 11) is 0. The number of thioether (sulfide) groups is 1. The number of Topliss-reactive ketones (excluding diaryl/α,β-unsaturated/α-hetero) is 1. The number of fused-ring (bicyclic) bond motifs is 1. The van der Waals surface area contributed by atoms with E-state index in [2.05, 4.69) is 19.2 Å². The van der Waals surface area contributed by atoms with Gasteiger partial charge in [0, 0.05) is 24.2 Å². The third-order valence-corrected chi connectivity index (χ3v) is 6.74. The highest BCUT2D eigenvalue weighted by Gasteiger charge is 2.17. The zero-order valence-electron chi connectivity index (χ0n) is 21.5. The van der Waals surface area contributed by atoms with Gasteiger partial charge in [0.05, 0.1) is 16.7 Å². The van der Waals surface area contributed by atoms with E-state index in [1.807, 2.05) is 45.9 Å². The van der Waals surface area contributed by atoms with Crippen molar-refractivity contribution >= 4 is 34.4 Å².